The lowest BCUT2D eigenvalue weighted by Crippen LogP contribution is -2.60. The highest BCUT2D eigenvalue weighted by Crippen LogP contribution is 2.70. The number of rotatable bonds is 6. The van der Waals surface area contributed by atoms with E-state index in [1.54, 1.807) is 0 Å². The number of Topliss-reactive ketones (excluding diaryl/α,β-unsaturated/α-hetero) is 1. The molecule has 4 aliphatic carbocycles. The van der Waals surface area contributed by atoms with Crippen LogP contribution >= 0.6 is 0 Å². The largest absolute Gasteiger partial charge is 0.459 e. The van der Waals surface area contributed by atoms with Crippen LogP contribution in [0.15, 0.2) is 54.1 Å². The number of ether oxygens (including phenoxy) is 1. The molecule has 0 bridgehead atoms. The first kappa shape index (κ1) is 28.4. The average Bonchev–Trinajstić information content (AvgIpc) is 3.25. The lowest BCUT2D eigenvalue weighted by Gasteiger charge is -2.62. The van der Waals surface area contributed by atoms with Gasteiger partial charge in [-0.05, 0) is 104 Å². The first-order valence-corrected chi connectivity index (χ1v) is 15.6. The molecule has 5 rings (SSSR count). The van der Waals surface area contributed by atoms with Gasteiger partial charge in [-0.2, -0.15) is 0 Å². The molecule has 0 amide bonds. The quantitative estimate of drug-likeness (QED) is 0.272. The minimum atomic E-state index is -0.408. The number of carbonyl (C=O) groups excluding carboxylic acids is 2. The van der Waals surface area contributed by atoms with Gasteiger partial charge in [0.2, 0.25) is 0 Å². The Hall–Kier alpha value is -2.16. The average molecular weight is 531 g/mol. The van der Waals surface area contributed by atoms with E-state index >= 15 is 0 Å². The Labute approximate surface area is 236 Å². The zero-order valence-electron chi connectivity index (χ0n) is 25.3. The normalized spacial score (nSPS) is 39.5. The number of benzene rings is 1. The third-order valence-electron chi connectivity index (χ3n) is 12.3. The SMILES string of the molecule is CC(C)[C@@H](C)/C=C/[C@@H](C)[C@@H]1CC[C@@H]2C3=CC[C@H]4C[C@H](OC(=O)c5ccccc5)CC[C@@]4(C)[C@@]3(C)C(=O)C[C@@]21C. The van der Waals surface area contributed by atoms with Crippen LogP contribution in [-0.2, 0) is 9.53 Å². The highest BCUT2D eigenvalue weighted by molar-refractivity contribution is 5.91. The number of allylic oxidation sites excluding steroid dienone is 4. The first-order chi connectivity index (χ1) is 18.4. The van der Waals surface area contributed by atoms with E-state index in [4.69, 9.17) is 4.74 Å². The van der Waals surface area contributed by atoms with Gasteiger partial charge in [0.05, 0.1) is 11.0 Å². The van der Waals surface area contributed by atoms with E-state index in [1.165, 1.54) is 18.4 Å². The van der Waals surface area contributed by atoms with Crippen molar-refractivity contribution in [2.75, 3.05) is 0 Å². The lowest BCUT2D eigenvalue weighted by atomic mass is 9.41. The van der Waals surface area contributed by atoms with Crippen LogP contribution in [0.4, 0.5) is 0 Å². The van der Waals surface area contributed by atoms with Gasteiger partial charge < -0.3 is 4.74 Å². The molecule has 0 aliphatic heterocycles. The summed E-state index contributed by atoms with van der Waals surface area (Å²) in [5, 5.41) is 0. The molecule has 0 aromatic heterocycles. The number of ketones is 1. The van der Waals surface area contributed by atoms with Gasteiger partial charge in [0.25, 0.3) is 0 Å². The molecule has 3 saturated carbocycles. The highest BCUT2D eigenvalue weighted by Gasteiger charge is 2.66. The highest BCUT2D eigenvalue weighted by atomic mass is 16.5. The molecule has 3 heteroatoms. The molecule has 0 heterocycles. The van der Waals surface area contributed by atoms with E-state index in [1.807, 2.05) is 30.3 Å². The van der Waals surface area contributed by atoms with Crippen molar-refractivity contribution in [2.45, 2.75) is 99.5 Å². The second kappa shape index (κ2) is 10.3. The van der Waals surface area contributed by atoms with Gasteiger partial charge in [-0.25, -0.2) is 4.79 Å². The predicted octanol–water partition coefficient (Wildman–Crippen LogP) is 8.84. The van der Waals surface area contributed by atoms with Crippen LogP contribution in [0.1, 0.15) is 104 Å². The van der Waals surface area contributed by atoms with Gasteiger partial charge in [-0.15, -0.1) is 0 Å². The molecule has 1 aromatic carbocycles. The van der Waals surface area contributed by atoms with Crippen molar-refractivity contribution in [2.24, 2.45) is 51.8 Å². The van der Waals surface area contributed by atoms with Crippen LogP contribution in [0.25, 0.3) is 0 Å². The van der Waals surface area contributed by atoms with Gasteiger partial charge in [0.15, 0.2) is 0 Å². The van der Waals surface area contributed by atoms with Crippen LogP contribution in [0.2, 0.25) is 0 Å². The summed E-state index contributed by atoms with van der Waals surface area (Å²) in [6.45, 7) is 16.4. The Kier molecular flexibility index (Phi) is 7.53. The minimum Gasteiger partial charge on any atom is -0.459 e. The molecule has 4 aliphatic rings. The lowest BCUT2D eigenvalue weighted by molar-refractivity contribution is -0.151. The fourth-order valence-corrected chi connectivity index (χ4v) is 9.17. The second-order valence-corrected chi connectivity index (χ2v) is 14.5. The number of carbonyl (C=O) groups is 2. The monoisotopic (exact) mass is 530 g/mol. The van der Waals surface area contributed by atoms with E-state index in [2.05, 4.69) is 66.7 Å². The summed E-state index contributed by atoms with van der Waals surface area (Å²) in [6, 6.07) is 9.31. The number of fused-ring (bicyclic) bond motifs is 5. The van der Waals surface area contributed by atoms with E-state index in [0.29, 0.717) is 53.3 Å². The van der Waals surface area contributed by atoms with Gasteiger partial charge in [0.1, 0.15) is 11.9 Å². The van der Waals surface area contributed by atoms with Crippen molar-refractivity contribution in [1.29, 1.82) is 0 Å². The zero-order chi connectivity index (χ0) is 28.2. The van der Waals surface area contributed by atoms with Gasteiger partial charge in [-0.1, -0.05) is 83.5 Å². The third kappa shape index (κ3) is 4.56. The smallest absolute Gasteiger partial charge is 0.338 e. The van der Waals surface area contributed by atoms with E-state index < -0.39 is 5.41 Å². The van der Waals surface area contributed by atoms with Crippen molar-refractivity contribution in [3.05, 3.63) is 59.7 Å². The molecule has 0 radical (unpaired) electrons. The topological polar surface area (TPSA) is 43.4 Å². The van der Waals surface area contributed by atoms with Crippen LogP contribution in [0.5, 0.6) is 0 Å². The van der Waals surface area contributed by atoms with E-state index in [0.717, 1.165) is 25.7 Å². The Morgan fingerprint density at radius 1 is 1.00 bits per heavy atom. The molecule has 0 N–H and O–H groups in total. The molecule has 0 unspecified atom stereocenters. The molecular formula is C36H50O3. The van der Waals surface area contributed by atoms with E-state index in [-0.39, 0.29) is 22.9 Å². The van der Waals surface area contributed by atoms with Crippen molar-refractivity contribution in [3.63, 3.8) is 0 Å². The Balaban J connectivity index is 1.36. The Bertz CT molecular complexity index is 1150. The van der Waals surface area contributed by atoms with E-state index in [9.17, 15) is 9.59 Å². The predicted molar refractivity (Wildman–Crippen MR) is 158 cm³/mol. The fraction of sp³-hybridized carbons (Fsp3) is 0.667. The van der Waals surface area contributed by atoms with Crippen molar-refractivity contribution >= 4 is 11.8 Å². The molecule has 39 heavy (non-hydrogen) atoms. The molecule has 3 nitrogen and oxygen atoms in total. The van der Waals surface area contributed by atoms with Crippen LogP contribution in [-0.4, -0.2) is 17.9 Å². The molecule has 0 saturated heterocycles. The van der Waals surface area contributed by atoms with Gasteiger partial charge >= 0.3 is 5.97 Å². The minimum absolute atomic E-state index is 0.0405. The summed E-state index contributed by atoms with van der Waals surface area (Å²) >= 11 is 0. The fourth-order valence-electron chi connectivity index (χ4n) is 9.17. The maximum atomic E-state index is 14.4. The first-order valence-electron chi connectivity index (χ1n) is 15.6. The second-order valence-electron chi connectivity index (χ2n) is 14.5. The Morgan fingerprint density at radius 3 is 2.41 bits per heavy atom. The summed E-state index contributed by atoms with van der Waals surface area (Å²) in [5.41, 5.74) is 1.62. The summed E-state index contributed by atoms with van der Waals surface area (Å²) < 4.78 is 6.00. The van der Waals surface area contributed by atoms with Crippen molar-refractivity contribution in [1.82, 2.24) is 0 Å². The molecule has 3 fully saturated rings. The summed E-state index contributed by atoms with van der Waals surface area (Å²) in [5.74, 6) is 3.34. The van der Waals surface area contributed by atoms with Crippen LogP contribution in [0, 0.1) is 51.8 Å². The Morgan fingerprint density at radius 2 is 1.72 bits per heavy atom. The number of hydrogen-bond acceptors (Lipinski definition) is 3. The standard InChI is InChI=1S/C36H50O3/c1-23(2)24(3)13-14-25(4)29-17-18-30-31-16-15-27-21-28(39-33(38)26-11-9-8-10-12-26)19-20-35(27,6)36(31,7)32(37)22-34(29,30)5/h8-14,16,23-25,27-30H,15,17-22H2,1-7H3/b14-13+/t24-,25+,27-,28+,29-,30+,34+,35+,36+/m0/s1. The van der Waals surface area contributed by atoms with Crippen LogP contribution < -0.4 is 0 Å². The third-order valence-corrected chi connectivity index (χ3v) is 12.3. The molecule has 0 spiro atoms. The molecule has 9 atom stereocenters. The van der Waals surface area contributed by atoms with Gasteiger partial charge in [0, 0.05) is 6.42 Å². The summed E-state index contributed by atoms with van der Waals surface area (Å²) in [4.78, 5) is 27.1. The summed E-state index contributed by atoms with van der Waals surface area (Å²) in [6.07, 6.45) is 14.0. The molecule has 1 aromatic rings. The molecule has 212 valence electrons. The number of esters is 1. The number of hydrogen-bond donors (Lipinski definition) is 0. The van der Waals surface area contributed by atoms with Crippen molar-refractivity contribution < 1.29 is 14.3 Å². The summed E-state index contributed by atoms with van der Waals surface area (Å²) in [7, 11) is 0. The van der Waals surface area contributed by atoms with Crippen LogP contribution in [0.3, 0.4) is 0 Å². The van der Waals surface area contributed by atoms with Crippen molar-refractivity contribution in [3.8, 4) is 0 Å². The zero-order valence-corrected chi connectivity index (χ0v) is 25.3. The maximum Gasteiger partial charge on any atom is 0.338 e. The van der Waals surface area contributed by atoms with Gasteiger partial charge in [-0.3, -0.25) is 4.79 Å². The molecular weight excluding hydrogens is 480 g/mol. The maximum absolute atomic E-state index is 14.4.